The van der Waals surface area contributed by atoms with Crippen LogP contribution < -0.4 is 10.3 Å². The third kappa shape index (κ3) is 3.93. The molecule has 0 radical (unpaired) electrons. The zero-order valence-corrected chi connectivity index (χ0v) is 10.1. The molecule has 0 spiro atoms. The summed E-state index contributed by atoms with van der Waals surface area (Å²) in [4.78, 5) is 11.8. The number of hydrazine groups is 1. The first-order chi connectivity index (χ1) is 8.35. The van der Waals surface area contributed by atoms with Gasteiger partial charge in [0.15, 0.2) is 0 Å². The molecule has 1 aromatic rings. The lowest BCUT2D eigenvalue weighted by atomic mass is 10.3. The third-order valence-electron chi connectivity index (χ3n) is 1.71. The Kier molecular flexibility index (Phi) is 4.56. The quantitative estimate of drug-likeness (QED) is 0.803. The smallest absolute Gasteiger partial charge is 0.422 e. The zero-order valence-electron chi connectivity index (χ0n) is 9.24. The van der Waals surface area contributed by atoms with Crippen LogP contribution in [0.2, 0.25) is 0 Å². The highest BCUT2D eigenvalue weighted by Gasteiger charge is 2.17. The molecule has 0 aliphatic carbocycles. The molecular formula is C9H10F2N2O4S. The number of rotatable bonds is 4. The zero-order chi connectivity index (χ0) is 13.8. The number of halogens is 2. The summed E-state index contributed by atoms with van der Waals surface area (Å²) in [5.41, 5.74) is 1.72. The first-order valence-electron chi connectivity index (χ1n) is 4.76. The van der Waals surface area contributed by atoms with Crippen LogP contribution in [0.4, 0.5) is 13.6 Å². The van der Waals surface area contributed by atoms with Crippen molar-refractivity contribution in [3.05, 3.63) is 29.8 Å². The van der Waals surface area contributed by atoms with E-state index in [1.165, 1.54) is 6.92 Å². The number of carbonyl (C=O) groups is 1. The minimum absolute atomic E-state index is 0.0438. The maximum Gasteiger partial charge on any atom is 0.422 e. The predicted octanol–water partition coefficient (Wildman–Crippen LogP) is 0.904. The standard InChI is InChI=1S/C9H10F2N2O4S/c1-2-17-9(14)12-13-18(15,16)8-4-6(10)3-7(11)5-8/h3-5,13H,2H2,1H3,(H,12,14). The molecule has 0 fully saturated rings. The highest BCUT2D eigenvalue weighted by Crippen LogP contribution is 2.12. The van der Waals surface area contributed by atoms with E-state index in [0.29, 0.717) is 18.2 Å². The molecule has 0 aromatic heterocycles. The first kappa shape index (κ1) is 14.3. The van der Waals surface area contributed by atoms with E-state index in [1.54, 1.807) is 10.3 Å². The van der Waals surface area contributed by atoms with Gasteiger partial charge in [0, 0.05) is 6.07 Å². The Bertz CT molecular complexity index is 527. The van der Waals surface area contributed by atoms with Crippen LogP contribution in [0.5, 0.6) is 0 Å². The van der Waals surface area contributed by atoms with Gasteiger partial charge in [-0.3, -0.25) is 0 Å². The number of ether oxygens (including phenoxy) is 1. The van der Waals surface area contributed by atoms with Gasteiger partial charge in [0.1, 0.15) is 11.6 Å². The van der Waals surface area contributed by atoms with Crippen molar-refractivity contribution in [2.24, 2.45) is 0 Å². The molecule has 1 amide bonds. The fraction of sp³-hybridized carbons (Fsp3) is 0.222. The predicted molar refractivity (Wildman–Crippen MR) is 56.8 cm³/mol. The lowest BCUT2D eigenvalue weighted by Gasteiger charge is -2.08. The van der Waals surface area contributed by atoms with E-state index < -0.39 is 32.6 Å². The van der Waals surface area contributed by atoms with Gasteiger partial charge in [-0.05, 0) is 19.1 Å². The van der Waals surface area contributed by atoms with Crippen LogP contribution >= 0.6 is 0 Å². The summed E-state index contributed by atoms with van der Waals surface area (Å²) in [6, 6.07) is 1.74. The van der Waals surface area contributed by atoms with Gasteiger partial charge in [0.05, 0.1) is 11.5 Å². The molecule has 0 bridgehead atoms. The van der Waals surface area contributed by atoms with Gasteiger partial charge in [-0.15, -0.1) is 4.83 Å². The van der Waals surface area contributed by atoms with Gasteiger partial charge in [0.2, 0.25) is 0 Å². The highest BCUT2D eigenvalue weighted by molar-refractivity contribution is 7.89. The molecule has 0 unspecified atom stereocenters. The van der Waals surface area contributed by atoms with Crippen molar-refractivity contribution in [2.45, 2.75) is 11.8 Å². The van der Waals surface area contributed by atoms with Gasteiger partial charge in [-0.2, -0.15) is 0 Å². The van der Waals surface area contributed by atoms with Gasteiger partial charge in [0.25, 0.3) is 10.0 Å². The number of sulfonamides is 1. The average Bonchev–Trinajstić information content (AvgIpc) is 2.26. The van der Waals surface area contributed by atoms with Crippen molar-refractivity contribution in [3.63, 3.8) is 0 Å². The van der Waals surface area contributed by atoms with Gasteiger partial charge >= 0.3 is 6.09 Å². The van der Waals surface area contributed by atoms with Crippen molar-refractivity contribution in [3.8, 4) is 0 Å². The topological polar surface area (TPSA) is 84.5 Å². The van der Waals surface area contributed by atoms with Crippen LogP contribution in [-0.4, -0.2) is 21.1 Å². The lowest BCUT2D eigenvalue weighted by molar-refractivity contribution is 0.150. The molecule has 0 aliphatic rings. The molecular weight excluding hydrogens is 270 g/mol. The average molecular weight is 280 g/mol. The molecule has 6 nitrogen and oxygen atoms in total. The summed E-state index contributed by atoms with van der Waals surface area (Å²) in [5.74, 6) is -2.10. The van der Waals surface area contributed by atoms with Crippen LogP contribution in [0.25, 0.3) is 0 Å². The van der Waals surface area contributed by atoms with Crippen molar-refractivity contribution in [1.82, 2.24) is 10.3 Å². The Morgan fingerprint density at radius 3 is 2.33 bits per heavy atom. The van der Waals surface area contributed by atoms with Gasteiger partial charge in [-0.1, -0.05) is 0 Å². The minimum atomic E-state index is -4.26. The van der Waals surface area contributed by atoms with E-state index in [0.717, 1.165) is 0 Å². The van der Waals surface area contributed by atoms with Crippen LogP contribution in [-0.2, 0) is 14.8 Å². The maximum absolute atomic E-state index is 12.8. The second-order valence-corrected chi connectivity index (χ2v) is 4.74. The van der Waals surface area contributed by atoms with Crippen LogP contribution in [0, 0.1) is 11.6 Å². The Morgan fingerprint density at radius 1 is 1.28 bits per heavy atom. The normalized spacial score (nSPS) is 11.1. The molecule has 100 valence electrons. The summed E-state index contributed by atoms with van der Waals surface area (Å²) < 4.78 is 53.1. The molecule has 9 heteroatoms. The minimum Gasteiger partial charge on any atom is -0.449 e. The second-order valence-electron chi connectivity index (χ2n) is 3.06. The molecule has 0 heterocycles. The van der Waals surface area contributed by atoms with E-state index in [1.807, 2.05) is 0 Å². The van der Waals surface area contributed by atoms with Crippen molar-refractivity contribution in [2.75, 3.05) is 6.61 Å². The highest BCUT2D eigenvalue weighted by atomic mass is 32.2. The lowest BCUT2D eigenvalue weighted by Crippen LogP contribution is -2.41. The van der Waals surface area contributed by atoms with E-state index in [9.17, 15) is 22.0 Å². The Labute approximate surface area is 102 Å². The number of hydrogen-bond acceptors (Lipinski definition) is 4. The van der Waals surface area contributed by atoms with E-state index in [4.69, 9.17) is 0 Å². The van der Waals surface area contributed by atoms with Crippen molar-refractivity contribution in [1.29, 1.82) is 0 Å². The molecule has 1 aromatic carbocycles. The molecule has 0 aliphatic heterocycles. The van der Waals surface area contributed by atoms with E-state index in [-0.39, 0.29) is 6.61 Å². The Balaban J connectivity index is 2.83. The summed E-state index contributed by atoms with van der Waals surface area (Å²) in [5, 5.41) is 0. The fourth-order valence-electron chi connectivity index (χ4n) is 1.02. The van der Waals surface area contributed by atoms with Crippen LogP contribution in [0.15, 0.2) is 23.1 Å². The summed E-state index contributed by atoms with van der Waals surface area (Å²) >= 11 is 0. The van der Waals surface area contributed by atoms with Crippen LogP contribution in [0.3, 0.4) is 0 Å². The largest absolute Gasteiger partial charge is 0.449 e. The molecule has 1 rings (SSSR count). The molecule has 0 saturated carbocycles. The number of hydrogen-bond donors (Lipinski definition) is 2. The molecule has 0 saturated heterocycles. The van der Waals surface area contributed by atoms with Gasteiger partial charge < -0.3 is 4.74 Å². The first-order valence-corrected chi connectivity index (χ1v) is 6.24. The van der Waals surface area contributed by atoms with Gasteiger partial charge in [-0.25, -0.2) is 27.4 Å². The summed E-state index contributed by atoms with van der Waals surface area (Å²) in [6.45, 7) is 1.57. The van der Waals surface area contributed by atoms with E-state index in [2.05, 4.69) is 4.74 Å². The van der Waals surface area contributed by atoms with Crippen molar-refractivity contribution < 1.29 is 26.7 Å². The number of carbonyl (C=O) groups excluding carboxylic acids is 1. The maximum atomic E-state index is 12.8. The molecule has 0 atom stereocenters. The number of benzene rings is 1. The fourth-order valence-corrected chi connectivity index (χ4v) is 1.89. The van der Waals surface area contributed by atoms with Crippen LogP contribution in [0.1, 0.15) is 6.92 Å². The monoisotopic (exact) mass is 280 g/mol. The third-order valence-corrected chi connectivity index (χ3v) is 2.94. The molecule has 18 heavy (non-hydrogen) atoms. The number of amides is 1. The Hall–Kier alpha value is -1.74. The number of nitrogens with one attached hydrogen (secondary N) is 2. The molecule has 2 N–H and O–H groups in total. The SMILES string of the molecule is CCOC(=O)NNS(=O)(=O)c1cc(F)cc(F)c1. The van der Waals surface area contributed by atoms with E-state index >= 15 is 0 Å². The van der Waals surface area contributed by atoms with Crippen molar-refractivity contribution >= 4 is 16.1 Å². The summed E-state index contributed by atoms with van der Waals surface area (Å²) in [6.07, 6.45) is -1.03. The summed E-state index contributed by atoms with van der Waals surface area (Å²) in [7, 11) is -4.26. The Morgan fingerprint density at radius 2 is 1.83 bits per heavy atom. The second kappa shape index (κ2) is 5.74.